The first-order valence-corrected chi connectivity index (χ1v) is 7.78. The molecule has 1 aliphatic heterocycles. The average molecular weight is 283 g/mol. The van der Waals surface area contributed by atoms with Crippen LogP contribution in [0.25, 0.3) is 0 Å². The second-order valence-corrected chi connectivity index (χ2v) is 5.73. The molecule has 0 saturated carbocycles. The van der Waals surface area contributed by atoms with Crippen LogP contribution in [0.3, 0.4) is 0 Å². The highest BCUT2D eigenvalue weighted by molar-refractivity contribution is 7.99. The number of nitrogens with one attached hydrogen (secondary N) is 2. The molecule has 1 aromatic heterocycles. The van der Waals surface area contributed by atoms with Gasteiger partial charge in [-0.3, -0.25) is 0 Å². The maximum absolute atomic E-state index is 5.33. The van der Waals surface area contributed by atoms with Crippen molar-refractivity contribution in [1.82, 2.24) is 15.0 Å². The van der Waals surface area contributed by atoms with Crippen molar-refractivity contribution in [3.63, 3.8) is 0 Å². The normalized spacial score (nSPS) is 18.9. The van der Waals surface area contributed by atoms with E-state index in [1.54, 1.807) is 7.05 Å². The molecular weight excluding hydrogens is 262 g/mol. The molecule has 1 fully saturated rings. The van der Waals surface area contributed by atoms with Gasteiger partial charge in [0.05, 0.1) is 6.61 Å². The Morgan fingerprint density at radius 2 is 2.11 bits per heavy atom. The van der Waals surface area contributed by atoms with Gasteiger partial charge < -0.3 is 15.4 Å². The van der Waals surface area contributed by atoms with Crippen LogP contribution < -0.4 is 15.4 Å². The smallest absolute Gasteiger partial charge is 0.323 e. The van der Waals surface area contributed by atoms with Crippen LogP contribution in [0, 0.1) is 0 Å². The van der Waals surface area contributed by atoms with E-state index < -0.39 is 0 Å². The molecule has 2 heterocycles. The lowest BCUT2D eigenvalue weighted by Crippen LogP contribution is -2.21. The summed E-state index contributed by atoms with van der Waals surface area (Å²) >= 11 is 2.03. The SMILES string of the molecule is CCOc1nc(NC)nc(NCC2CCCCS2)n1. The summed E-state index contributed by atoms with van der Waals surface area (Å²) in [5.74, 6) is 2.36. The van der Waals surface area contributed by atoms with Crippen molar-refractivity contribution in [1.29, 1.82) is 0 Å². The monoisotopic (exact) mass is 283 g/mol. The molecule has 0 aliphatic carbocycles. The lowest BCUT2D eigenvalue weighted by Gasteiger charge is -2.21. The van der Waals surface area contributed by atoms with Gasteiger partial charge in [-0.2, -0.15) is 26.7 Å². The first kappa shape index (κ1) is 14.2. The van der Waals surface area contributed by atoms with Crippen LogP contribution in [-0.2, 0) is 0 Å². The molecule has 6 nitrogen and oxygen atoms in total. The Balaban J connectivity index is 1.95. The van der Waals surface area contributed by atoms with Gasteiger partial charge >= 0.3 is 6.01 Å². The summed E-state index contributed by atoms with van der Waals surface area (Å²) in [5, 5.41) is 6.85. The second-order valence-electron chi connectivity index (χ2n) is 4.32. The molecular formula is C12H21N5OS. The Kier molecular flexibility index (Phi) is 5.50. The number of hydrogen-bond donors (Lipinski definition) is 2. The standard InChI is InChI=1S/C12H21N5OS/c1-3-18-12-16-10(13-2)15-11(17-12)14-8-9-6-4-5-7-19-9/h9H,3-8H2,1-2H3,(H2,13,14,15,16,17). The summed E-state index contributed by atoms with van der Waals surface area (Å²) in [5.41, 5.74) is 0. The topological polar surface area (TPSA) is 72.0 Å². The fourth-order valence-corrected chi connectivity index (χ4v) is 3.15. The first-order chi connectivity index (χ1) is 9.31. The van der Waals surface area contributed by atoms with E-state index in [1.165, 1.54) is 25.0 Å². The minimum Gasteiger partial charge on any atom is -0.464 e. The third-order valence-corrected chi connectivity index (χ3v) is 4.27. The fraction of sp³-hybridized carbons (Fsp3) is 0.750. The maximum atomic E-state index is 5.33. The second kappa shape index (κ2) is 7.37. The van der Waals surface area contributed by atoms with Gasteiger partial charge in [0.1, 0.15) is 0 Å². The molecule has 1 aromatic rings. The molecule has 106 valence electrons. The molecule has 0 radical (unpaired) electrons. The molecule has 19 heavy (non-hydrogen) atoms. The third-order valence-electron chi connectivity index (χ3n) is 2.87. The molecule has 1 atom stereocenters. The number of thioether (sulfide) groups is 1. The van der Waals surface area contributed by atoms with E-state index in [1.807, 2.05) is 18.7 Å². The Labute approximate surface area is 118 Å². The van der Waals surface area contributed by atoms with Gasteiger partial charge in [-0.1, -0.05) is 6.42 Å². The summed E-state index contributed by atoms with van der Waals surface area (Å²) < 4.78 is 5.33. The van der Waals surface area contributed by atoms with Gasteiger partial charge in [-0.15, -0.1) is 0 Å². The summed E-state index contributed by atoms with van der Waals surface area (Å²) in [7, 11) is 1.78. The van der Waals surface area contributed by atoms with Crippen molar-refractivity contribution in [2.24, 2.45) is 0 Å². The predicted octanol–water partition coefficient (Wildman–Crippen LogP) is 2.01. The third kappa shape index (κ3) is 4.41. The van der Waals surface area contributed by atoms with Crippen LogP contribution in [0.15, 0.2) is 0 Å². The lowest BCUT2D eigenvalue weighted by molar-refractivity contribution is 0.312. The van der Waals surface area contributed by atoms with Crippen molar-refractivity contribution in [2.45, 2.75) is 31.4 Å². The minimum atomic E-state index is 0.362. The fourth-order valence-electron chi connectivity index (χ4n) is 1.91. The van der Waals surface area contributed by atoms with Crippen LogP contribution in [0.1, 0.15) is 26.2 Å². The molecule has 0 spiro atoms. The van der Waals surface area contributed by atoms with Crippen LogP contribution in [0.5, 0.6) is 6.01 Å². The van der Waals surface area contributed by atoms with E-state index in [-0.39, 0.29) is 0 Å². The van der Waals surface area contributed by atoms with Crippen molar-refractivity contribution in [2.75, 3.05) is 36.6 Å². The summed E-state index contributed by atoms with van der Waals surface area (Å²) in [6.07, 6.45) is 3.92. The van der Waals surface area contributed by atoms with Gasteiger partial charge in [0.2, 0.25) is 11.9 Å². The maximum Gasteiger partial charge on any atom is 0.323 e. The van der Waals surface area contributed by atoms with Crippen molar-refractivity contribution < 1.29 is 4.74 Å². The van der Waals surface area contributed by atoms with Gasteiger partial charge in [-0.05, 0) is 25.5 Å². The van der Waals surface area contributed by atoms with E-state index in [9.17, 15) is 0 Å². The van der Waals surface area contributed by atoms with E-state index in [0.717, 1.165) is 6.54 Å². The number of aromatic nitrogens is 3. The highest BCUT2D eigenvalue weighted by Crippen LogP contribution is 2.25. The van der Waals surface area contributed by atoms with Crippen molar-refractivity contribution in [3.8, 4) is 6.01 Å². The lowest BCUT2D eigenvalue weighted by atomic mass is 10.2. The average Bonchev–Trinajstić information content (AvgIpc) is 2.46. The number of hydrogen-bond acceptors (Lipinski definition) is 7. The largest absolute Gasteiger partial charge is 0.464 e. The Morgan fingerprint density at radius 1 is 1.26 bits per heavy atom. The van der Waals surface area contributed by atoms with Gasteiger partial charge in [0, 0.05) is 18.8 Å². The van der Waals surface area contributed by atoms with E-state index in [2.05, 4.69) is 25.6 Å². The molecule has 1 unspecified atom stereocenters. The highest BCUT2D eigenvalue weighted by Gasteiger charge is 2.14. The zero-order valence-corrected chi connectivity index (χ0v) is 12.3. The van der Waals surface area contributed by atoms with Crippen molar-refractivity contribution >= 4 is 23.7 Å². The molecule has 1 saturated heterocycles. The number of ether oxygens (including phenoxy) is 1. The zero-order valence-electron chi connectivity index (χ0n) is 11.5. The highest BCUT2D eigenvalue weighted by atomic mass is 32.2. The van der Waals surface area contributed by atoms with Crippen LogP contribution in [0.4, 0.5) is 11.9 Å². The van der Waals surface area contributed by atoms with Crippen LogP contribution >= 0.6 is 11.8 Å². The van der Waals surface area contributed by atoms with E-state index in [0.29, 0.717) is 29.8 Å². The number of anilines is 2. The summed E-state index contributed by atoms with van der Waals surface area (Å²) in [6.45, 7) is 3.35. The Morgan fingerprint density at radius 3 is 2.79 bits per heavy atom. The molecule has 2 N–H and O–H groups in total. The number of rotatable bonds is 6. The van der Waals surface area contributed by atoms with Crippen LogP contribution in [0.2, 0.25) is 0 Å². The molecule has 1 aliphatic rings. The van der Waals surface area contributed by atoms with Crippen molar-refractivity contribution in [3.05, 3.63) is 0 Å². The van der Waals surface area contributed by atoms with Gasteiger partial charge in [0.25, 0.3) is 0 Å². The van der Waals surface area contributed by atoms with Gasteiger partial charge in [-0.25, -0.2) is 0 Å². The predicted molar refractivity (Wildman–Crippen MR) is 79.1 cm³/mol. The zero-order chi connectivity index (χ0) is 13.5. The first-order valence-electron chi connectivity index (χ1n) is 6.74. The minimum absolute atomic E-state index is 0.362. The summed E-state index contributed by atoms with van der Waals surface area (Å²) in [6, 6.07) is 0.362. The van der Waals surface area contributed by atoms with Gasteiger partial charge in [0.15, 0.2) is 0 Å². The molecule has 7 heteroatoms. The molecule has 0 amide bonds. The number of nitrogens with zero attached hydrogens (tertiary/aromatic N) is 3. The summed E-state index contributed by atoms with van der Waals surface area (Å²) in [4.78, 5) is 12.7. The Hall–Kier alpha value is -1.24. The van der Waals surface area contributed by atoms with Crippen LogP contribution in [-0.4, -0.2) is 46.2 Å². The molecule has 0 bridgehead atoms. The molecule has 2 rings (SSSR count). The molecule has 0 aromatic carbocycles. The van der Waals surface area contributed by atoms with E-state index >= 15 is 0 Å². The Bertz CT molecular complexity index is 398. The quantitative estimate of drug-likeness (QED) is 0.827. The van der Waals surface area contributed by atoms with E-state index in [4.69, 9.17) is 4.74 Å².